The minimum absolute atomic E-state index is 0.0917. The Labute approximate surface area is 83.1 Å². The van der Waals surface area contributed by atoms with Crippen LogP contribution in [0.15, 0.2) is 0 Å². The van der Waals surface area contributed by atoms with E-state index in [2.05, 4.69) is 6.92 Å². The lowest BCUT2D eigenvalue weighted by atomic mass is 10.1. The highest BCUT2D eigenvalue weighted by Crippen LogP contribution is 2.07. The van der Waals surface area contributed by atoms with E-state index in [4.69, 9.17) is 6.11 Å². The van der Waals surface area contributed by atoms with Crippen LogP contribution < -0.4 is 0 Å². The number of hydrogen-bond donors (Lipinski definition) is 0. The molecule has 0 aliphatic carbocycles. The predicted octanol–water partition coefficient (Wildman–Crippen LogP) is 3.30. The molecule has 1 atom stereocenters. The normalized spacial score (nSPS) is 13.5. The van der Waals surface area contributed by atoms with Crippen LogP contribution in [-0.2, 0) is 9.53 Å². The topological polar surface area (TPSA) is 26.3 Å². The zero-order valence-corrected chi connectivity index (χ0v) is 8.84. The van der Waals surface area contributed by atoms with Crippen molar-refractivity contribution >= 4 is 5.97 Å². The molecule has 0 aromatic carbocycles. The third-order valence-corrected chi connectivity index (χ3v) is 1.87. The first-order chi connectivity index (χ1) is 6.70. The van der Waals surface area contributed by atoms with E-state index in [1.165, 1.54) is 12.8 Å². The Bertz CT molecular complexity index is 148. The van der Waals surface area contributed by atoms with Gasteiger partial charge in [0.05, 0.1) is 6.61 Å². The molecule has 13 heavy (non-hydrogen) atoms. The molecule has 0 aromatic heterocycles. The van der Waals surface area contributed by atoms with Gasteiger partial charge < -0.3 is 4.74 Å². The largest absolute Gasteiger partial charge is 0.466 e. The lowest BCUT2D eigenvalue weighted by Gasteiger charge is -2.01. The standard InChI is InChI=1S/C11H22O2/c1-3-5-6-7-8-9-10-11(12)13-4-2/h3-10H2,1-2H3/i8D. The van der Waals surface area contributed by atoms with E-state index in [1.54, 1.807) is 6.92 Å². The third-order valence-electron chi connectivity index (χ3n) is 1.87. The average Bonchev–Trinajstić information content (AvgIpc) is 2.16. The van der Waals surface area contributed by atoms with Gasteiger partial charge in [-0.2, -0.15) is 0 Å². The lowest BCUT2D eigenvalue weighted by molar-refractivity contribution is -0.143. The molecule has 0 amide bonds. The highest BCUT2D eigenvalue weighted by atomic mass is 16.5. The van der Waals surface area contributed by atoms with Gasteiger partial charge in [-0.25, -0.2) is 0 Å². The van der Waals surface area contributed by atoms with Crippen molar-refractivity contribution in [1.82, 2.24) is 0 Å². The summed E-state index contributed by atoms with van der Waals surface area (Å²) in [5.41, 5.74) is 0. The Morgan fingerprint density at radius 2 is 2.00 bits per heavy atom. The third kappa shape index (κ3) is 9.38. The molecule has 0 aromatic rings. The summed E-state index contributed by atoms with van der Waals surface area (Å²) >= 11 is 0. The van der Waals surface area contributed by atoms with Gasteiger partial charge in [0, 0.05) is 7.79 Å². The molecule has 0 bridgehead atoms. The van der Waals surface area contributed by atoms with Crippen LogP contribution in [0.3, 0.4) is 0 Å². The van der Waals surface area contributed by atoms with Crippen LogP contribution in [0.25, 0.3) is 0 Å². The van der Waals surface area contributed by atoms with Gasteiger partial charge in [-0.05, 0) is 13.3 Å². The molecule has 2 heteroatoms. The highest BCUT2D eigenvalue weighted by molar-refractivity contribution is 5.69. The van der Waals surface area contributed by atoms with E-state index in [0.29, 0.717) is 19.4 Å². The SMILES string of the molecule is [2H]C(CCCCC)CCC(=O)OCC. The smallest absolute Gasteiger partial charge is 0.305 e. The van der Waals surface area contributed by atoms with Gasteiger partial charge in [0.25, 0.3) is 0 Å². The summed E-state index contributed by atoms with van der Waals surface area (Å²) in [7, 11) is 0. The first kappa shape index (κ1) is 10.6. The number of esters is 1. The molecular weight excluding hydrogens is 164 g/mol. The molecule has 0 rings (SSSR count). The molecule has 0 heterocycles. The molecule has 0 aliphatic rings. The van der Waals surface area contributed by atoms with Crippen LogP contribution in [0.5, 0.6) is 0 Å². The fourth-order valence-corrected chi connectivity index (χ4v) is 1.14. The molecule has 2 nitrogen and oxygen atoms in total. The maximum atomic E-state index is 11.0. The summed E-state index contributed by atoms with van der Waals surface area (Å²) in [5, 5.41) is 0. The van der Waals surface area contributed by atoms with Crippen molar-refractivity contribution in [2.75, 3.05) is 6.61 Å². The number of ether oxygens (including phenoxy) is 1. The van der Waals surface area contributed by atoms with Crippen molar-refractivity contribution in [3.63, 3.8) is 0 Å². The maximum Gasteiger partial charge on any atom is 0.305 e. The minimum Gasteiger partial charge on any atom is -0.466 e. The lowest BCUT2D eigenvalue weighted by Crippen LogP contribution is -2.03. The van der Waals surface area contributed by atoms with Crippen LogP contribution >= 0.6 is 0 Å². The fraction of sp³-hybridized carbons (Fsp3) is 0.909. The second-order valence-electron chi connectivity index (χ2n) is 3.13. The van der Waals surface area contributed by atoms with E-state index < -0.39 is 0 Å². The van der Waals surface area contributed by atoms with Gasteiger partial charge in [-0.3, -0.25) is 4.79 Å². The van der Waals surface area contributed by atoms with E-state index in [0.717, 1.165) is 12.8 Å². The van der Waals surface area contributed by atoms with Gasteiger partial charge >= 0.3 is 5.97 Å². The Kier molecular flexibility index (Phi) is 7.76. The first-order valence-corrected chi connectivity index (χ1v) is 5.28. The Morgan fingerprint density at radius 1 is 1.23 bits per heavy atom. The number of carbonyl (C=O) groups excluding carboxylic acids is 1. The zero-order chi connectivity index (χ0) is 10.8. The van der Waals surface area contributed by atoms with E-state index >= 15 is 0 Å². The first-order valence-electron chi connectivity index (χ1n) is 5.86. The molecular formula is C11H22O2. The Balaban J connectivity index is 3.33. The molecule has 0 aliphatic heterocycles. The summed E-state index contributed by atoms with van der Waals surface area (Å²) in [5.74, 6) is -0.166. The zero-order valence-electron chi connectivity index (χ0n) is 9.84. The van der Waals surface area contributed by atoms with Crippen molar-refractivity contribution in [3.8, 4) is 0 Å². The number of rotatable bonds is 8. The van der Waals surface area contributed by atoms with Gasteiger partial charge in [-0.1, -0.05) is 39.0 Å². The molecule has 0 N–H and O–H groups in total. The second-order valence-corrected chi connectivity index (χ2v) is 3.13. The summed E-state index contributed by atoms with van der Waals surface area (Å²) in [6.45, 7) is 4.40. The van der Waals surface area contributed by atoms with Crippen molar-refractivity contribution < 1.29 is 10.9 Å². The van der Waals surface area contributed by atoms with Crippen LogP contribution in [0.1, 0.15) is 60.1 Å². The second kappa shape index (κ2) is 9.56. The fourth-order valence-electron chi connectivity index (χ4n) is 1.14. The molecule has 0 fully saturated rings. The minimum atomic E-state index is -0.166. The summed E-state index contributed by atoms with van der Waals surface area (Å²) in [6, 6.07) is 0. The maximum absolute atomic E-state index is 11.0. The van der Waals surface area contributed by atoms with Crippen molar-refractivity contribution in [3.05, 3.63) is 0 Å². The molecule has 0 spiro atoms. The Morgan fingerprint density at radius 3 is 2.62 bits per heavy atom. The number of carbonyl (C=O) groups is 1. The van der Waals surface area contributed by atoms with Crippen molar-refractivity contribution in [2.45, 2.75) is 58.8 Å². The summed E-state index contributed by atoms with van der Waals surface area (Å²) in [6.07, 6.45) is 5.34. The van der Waals surface area contributed by atoms with Crippen molar-refractivity contribution in [2.24, 2.45) is 0 Å². The molecule has 78 valence electrons. The van der Waals surface area contributed by atoms with Crippen LogP contribution in [-0.4, -0.2) is 12.6 Å². The molecule has 0 saturated carbocycles. The van der Waals surface area contributed by atoms with Crippen LogP contribution in [0, 0.1) is 0 Å². The van der Waals surface area contributed by atoms with Crippen LogP contribution in [0.2, 0.25) is 0 Å². The van der Waals surface area contributed by atoms with Gasteiger partial charge in [-0.15, -0.1) is 0 Å². The number of hydrogen-bond acceptors (Lipinski definition) is 2. The summed E-state index contributed by atoms with van der Waals surface area (Å²) in [4.78, 5) is 11.0. The Hall–Kier alpha value is -0.530. The average molecular weight is 187 g/mol. The van der Waals surface area contributed by atoms with E-state index in [9.17, 15) is 4.79 Å². The van der Waals surface area contributed by atoms with E-state index in [-0.39, 0.29) is 12.4 Å². The highest BCUT2D eigenvalue weighted by Gasteiger charge is 1.99. The van der Waals surface area contributed by atoms with Crippen LogP contribution in [0.4, 0.5) is 0 Å². The quantitative estimate of drug-likeness (QED) is 0.430. The van der Waals surface area contributed by atoms with Gasteiger partial charge in [0.2, 0.25) is 0 Å². The number of unbranched alkanes of at least 4 members (excludes halogenated alkanes) is 2. The van der Waals surface area contributed by atoms with Gasteiger partial charge in [0.1, 0.15) is 0 Å². The predicted molar refractivity (Wildman–Crippen MR) is 54.6 cm³/mol. The molecule has 1 unspecified atom stereocenters. The monoisotopic (exact) mass is 187 g/mol. The molecule has 0 saturated heterocycles. The molecule has 0 radical (unpaired) electrons. The summed E-state index contributed by atoms with van der Waals surface area (Å²) < 4.78 is 12.5. The van der Waals surface area contributed by atoms with E-state index in [1.807, 2.05) is 0 Å². The van der Waals surface area contributed by atoms with Crippen molar-refractivity contribution in [1.29, 1.82) is 0 Å². The van der Waals surface area contributed by atoms with Gasteiger partial charge in [0.15, 0.2) is 0 Å².